The number of benzene rings is 1. The molecular formula is C24H22N4O5. The summed E-state index contributed by atoms with van der Waals surface area (Å²) in [5.41, 5.74) is 1.36. The van der Waals surface area contributed by atoms with E-state index in [1.807, 2.05) is 31.2 Å². The molecule has 1 fully saturated rings. The second-order valence-corrected chi connectivity index (χ2v) is 8.31. The zero-order valence-corrected chi connectivity index (χ0v) is 18.1. The highest BCUT2D eigenvalue weighted by molar-refractivity contribution is 6.09. The Bertz CT molecular complexity index is 1230. The van der Waals surface area contributed by atoms with Crippen molar-refractivity contribution in [2.45, 2.75) is 31.8 Å². The van der Waals surface area contributed by atoms with Crippen molar-refractivity contribution >= 4 is 23.6 Å². The van der Waals surface area contributed by atoms with Crippen LogP contribution in [0.5, 0.6) is 0 Å². The lowest BCUT2D eigenvalue weighted by atomic mass is 9.99. The Hall–Kier alpha value is -4.14. The fourth-order valence-corrected chi connectivity index (χ4v) is 4.14. The van der Waals surface area contributed by atoms with Gasteiger partial charge in [-0.15, -0.1) is 0 Å². The maximum Gasteiger partial charge on any atom is 0.325 e. The summed E-state index contributed by atoms with van der Waals surface area (Å²) in [4.78, 5) is 39.9. The van der Waals surface area contributed by atoms with Crippen LogP contribution >= 0.6 is 0 Å². The summed E-state index contributed by atoms with van der Waals surface area (Å²) < 4.78 is 10.9. The first-order chi connectivity index (χ1) is 15.9. The Balaban J connectivity index is 1.41. The predicted molar refractivity (Wildman–Crippen MR) is 117 cm³/mol. The molecule has 9 nitrogen and oxygen atoms in total. The summed E-state index contributed by atoms with van der Waals surface area (Å²) >= 11 is 0. The van der Waals surface area contributed by atoms with Gasteiger partial charge in [-0.25, -0.2) is 9.80 Å². The van der Waals surface area contributed by atoms with E-state index in [4.69, 9.17) is 8.83 Å². The molecule has 9 heteroatoms. The highest BCUT2D eigenvalue weighted by Crippen LogP contribution is 2.34. The number of urea groups is 1. The van der Waals surface area contributed by atoms with Crippen molar-refractivity contribution in [3.63, 3.8) is 0 Å². The molecule has 2 aliphatic heterocycles. The molecule has 3 aromatic rings. The smallest absolute Gasteiger partial charge is 0.325 e. The molecule has 4 heterocycles. The van der Waals surface area contributed by atoms with Crippen LogP contribution in [0.4, 0.5) is 4.79 Å². The largest absolute Gasteiger partial charge is 0.467 e. The van der Waals surface area contributed by atoms with Crippen LogP contribution in [0.15, 0.2) is 75.0 Å². The van der Waals surface area contributed by atoms with Gasteiger partial charge in [-0.1, -0.05) is 29.8 Å². The second kappa shape index (κ2) is 7.77. The zero-order valence-electron chi connectivity index (χ0n) is 18.1. The molecule has 0 unspecified atom stereocenters. The van der Waals surface area contributed by atoms with E-state index >= 15 is 0 Å². The summed E-state index contributed by atoms with van der Waals surface area (Å²) in [5.74, 6) is -0.185. The third kappa shape index (κ3) is 3.51. The van der Waals surface area contributed by atoms with Gasteiger partial charge in [0.25, 0.3) is 11.8 Å². The van der Waals surface area contributed by atoms with Crippen molar-refractivity contribution in [1.29, 1.82) is 0 Å². The lowest BCUT2D eigenvalue weighted by molar-refractivity contribution is -0.140. The van der Waals surface area contributed by atoms with E-state index in [1.54, 1.807) is 31.2 Å². The fourth-order valence-electron chi connectivity index (χ4n) is 4.14. The van der Waals surface area contributed by atoms with Gasteiger partial charge in [0, 0.05) is 6.42 Å². The first kappa shape index (κ1) is 20.7. The molecule has 2 aliphatic rings. The van der Waals surface area contributed by atoms with Gasteiger partial charge in [-0.2, -0.15) is 5.10 Å². The maximum absolute atomic E-state index is 13.3. The summed E-state index contributed by atoms with van der Waals surface area (Å²) in [6.07, 6.45) is 3.41. The van der Waals surface area contributed by atoms with Crippen molar-refractivity contribution in [1.82, 2.24) is 15.2 Å². The van der Waals surface area contributed by atoms with E-state index in [9.17, 15) is 14.4 Å². The molecule has 5 rings (SSSR count). The minimum absolute atomic E-state index is 0.296. The van der Waals surface area contributed by atoms with Crippen LogP contribution in [-0.2, 0) is 15.1 Å². The molecule has 2 atom stereocenters. The number of rotatable bonds is 5. The van der Waals surface area contributed by atoms with Crippen molar-refractivity contribution in [3.05, 3.63) is 83.7 Å². The highest BCUT2D eigenvalue weighted by atomic mass is 16.3. The third-order valence-electron chi connectivity index (χ3n) is 6.00. The van der Waals surface area contributed by atoms with Gasteiger partial charge in [-0.3, -0.25) is 14.5 Å². The van der Waals surface area contributed by atoms with Gasteiger partial charge >= 0.3 is 6.03 Å². The van der Waals surface area contributed by atoms with Crippen LogP contribution in [0, 0.1) is 6.92 Å². The van der Waals surface area contributed by atoms with Gasteiger partial charge in [0.05, 0.1) is 18.2 Å². The van der Waals surface area contributed by atoms with Crippen LogP contribution in [0.2, 0.25) is 0 Å². The Morgan fingerprint density at radius 1 is 1.12 bits per heavy atom. The lowest BCUT2D eigenvalue weighted by Crippen LogP contribution is -2.43. The molecule has 1 saturated heterocycles. The number of carbonyl (C=O) groups is 3. The van der Waals surface area contributed by atoms with Gasteiger partial charge in [-0.05, 0) is 43.7 Å². The number of amides is 4. The van der Waals surface area contributed by atoms with E-state index in [2.05, 4.69) is 10.4 Å². The van der Waals surface area contributed by atoms with Crippen molar-refractivity contribution in [3.8, 4) is 0 Å². The molecule has 0 saturated carbocycles. The first-order valence-corrected chi connectivity index (χ1v) is 10.5. The normalized spacial score (nSPS) is 22.6. The SMILES string of the molecule is Cc1ccc(C2=NN(C(=O)CN3C(=O)N[C@@](C)(c4ccco4)C3=O)[C@H](c3ccco3)C2)cc1. The summed E-state index contributed by atoms with van der Waals surface area (Å²) in [7, 11) is 0. The fraction of sp³-hybridized carbons (Fsp3) is 0.250. The van der Waals surface area contributed by atoms with Crippen LogP contribution < -0.4 is 5.32 Å². The average molecular weight is 446 g/mol. The Kier molecular flexibility index (Phi) is 4.88. The molecule has 0 aliphatic carbocycles. The van der Waals surface area contributed by atoms with E-state index in [1.165, 1.54) is 17.5 Å². The summed E-state index contributed by atoms with van der Waals surface area (Å²) in [5, 5.41) is 8.48. The Labute approximate surface area is 189 Å². The molecule has 0 spiro atoms. The number of hydrogen-bond donors (Lipinski definition) is 1. The minimum atomic E-state index is -1.37. The number of furan rings is 2. The minimum Gasteiger partial charge on any atom is -0.467 e. The van der Waals surface area contributed by atoms with E-state index in [0.29, 0.717) is 17.9 Å². The standard InChI is InChI=1S/C24H22N4O5/c1-15-7-9-16(10-8-15)17-13-18(19-5-3-11-32-19)28(26-17)21(29)14-27-22(30)24(2,25-23(27)31)20-6-4-12-33-20/h3-12,18H,13-14H2,1-2H3,(H,25,31)/t18-,24-/m0/s1. The van der Waals surface area contributed by atoms with E-state index in [-0.39, 0.29) is 0 Å². The van der Waals surface area contributed by atoms with Crippen LogP contribution in [0.25, 0.3) is 0 Å². The van der Waals surface area contributed by atoms with E-state index in [0.717, 1.165) is 21.7 Å². The molecule has 0 radical (unpaired) electrons. The average Bonchev–Trinajstić information content (AvgIpc) is 3.59. The van der Waals surface area contributed by atoms with Gasteiger partial charge in [0.1, 0.15) is 24.1 Å². The van der Waals surface area contributed by atoms with Crippen molar-refractivity contribution in [2.24, 2.45) is 5.10 Å². The number of carbonyl (C=O) groups excluding carboxylic acids is 3. The first-order valence-electron chi connectivity index (χ1n) is 10.5. The van der Waals surface area contributed by atoms with Gasteiger partial charge in [0.15, 0.2) is 5.54 Å². The highest BCUT2D eigenvalue weighted by Gasteiger charge is 2.52. The van der Waals surface area contributed by atoms with Crippen molar-refractivity contribution < 1.29 is 23.2 Å². The maximum atomic E-state index is 13.3. The molecular weight excluding hydrogens is 424 g/mol. The Morgan fingerprint density at radius 2 is 1.85 bits per heavy atom. The summed E-state index contributed by atoms with van der Waals surface area (Å²) in [6, 6.07) is 13.5. The van der Waals surface area contributed by atoms with Crippen molar-refractivity contribution in [2.75, 3.05) is 6.54 Å². The number of aryl methyl sites for hydroxylation is 1. The Morgan fingerprint density at radius 3 is 2.52 bits per heavy atom. The van der Waals surface area contributed by atoms with Crippen LogP contribution in [0.3, 0.4) is 0 Å². The quantitative estimate of drug-likeness (QED) is 0.605. The number of nitrogens with zero attached hydrogens (tertiary/aromatic N) is 3. The number of hydrogen-bond acceptors (Lipinski definition) is 6. The number of hydrazone groups is 1. The van der Waals surface area contributed by atoms with Gasteiger partial charge < -0.3 is 14.2 Å². The lowest BCUT2D eigenvalue weighted by Gasteiger charge is -2.23. The molecule has 0 bridgehead atoms. The molecule has 1 aromatic carbocycles. The zero-order chi connectivity index (χ0) is 23.2. The molecule has 33 heavy (non-hydrogen) atoms. The van der Waals surface area contributed by atoms with E-state index < -0.39 is 36.0 Å². The topological polar surface area (TPSA) is 108 Å². The molecule has 1 N–H and O–H groups in total. The monoisotopic (exact) mass is 446 g/mol. The number of imide groups is 1. The molecule has 168 valence electrons. The van der Waals surface area contributed by atoms with Crippen LogP contribution in [-0.4, -0.2) is 40.0 Å². The summed E-state index contributed by atoms with van der Waals surface area (Å²) in [6.45, 7) is 3.09. The van der Waals surface area contributed by atoms with Gasteiger partial charge in [0.2, 0.25) is 0 Å². The number of nitrogens with one attached hydrogen (secondary N) is 1. The van der Waals surface area contributed by atoms with Crippen LogP contribution in [0.1, 0.15) is 42.0 Å². The predicted octanol–water partition coefficient (Wildman–Crippen LogP) is 3.33. The molecule has 4 amide bonds. The second-order valence-electron chi connectivity index (χ2n) is 8.31. The third-order valence-corrected chi connectivity index (χ3v) is 6.00. The molecule has 2 aromatic heterocycles.